The molecule has 0 radical (unpaired) electrons. The molecule has 0 aliphatic carbocycles. The Labute approximate surface area is 114 Å². The summed E-state index contributed by atoms with van der Waals surface area (Å²) >= 11 is 0. The van der Waals surface area contributed by atoms with Gasteiger partial charge in [0.2, 0.25) is 0 Å². The fourth-order valence-electron chi connectivity index (χ4n) is 1.64. The van der Waals surface area contributed by atoms with E-state index >= 15 is 0 Å². The molecule has 2 aromatic rings. The predicted molar refractivity (Wildman–Crippen MR) is 73.3 cm³/mol. The Balaban J connectivity index is 2.01. The summed E-state index contributed by atoms with van der Waals surface area (Å²) in [6.07, 6.45) is 0. The largest absolute Gasteiger partial charge is 0.326 e. The van der Waals surface area contributed by atoms with Gasteiger partial charge in [-0.3, -0.25) is 0 Å². The summed E-state index contributed by atoms with van der Waals surface area (Å²) in [6.45, 7) is 0.412. The van der Waals surface area contributed by atoms with E-state index in [1.807, 2.05) is 0 Å². The van der Waals surface area contributed by atoms with Crippen molar-refractivity contribution in [3.8, 4) is 0 Å². The average molecular weight is 277 g/mol. The van der Waals surface area contributed by atoms with Crippen molar-refractivity contribution in [1.29, 1.82) is 0 Å². The van der Waals surface area contributed by atoms with E-state index in [0.29, 0.717) is 12.2 Å². The second-order valence-corrected chi connectivity index (χ2v) is 4.14. The van der Waals surface area contributed by atoms with E-state index in [-0.39, 0.29) is 5.69 Å². The zero-order valence-corrected chi connectivity index (χ0v) is 10.5. The van der Waals surface area contributed by atoms with E-state index in [9.17, 15) is 13.6 Å². The van der Waals surface area contributed by atoms with Crippen LogP contribution in [0.1, 0.15) is 5.56 Å². The SMILES string of the molecule is NCc1ccc(NC(=O)Nc2cc(F)cc(F)c2)cc1. The van der Waals surface area contributed by atoms with Crippen molar-refractivity contribution >= 4 is 17.4 Å². The van der Waals surface area contributed by atoms with E-state index in [1.54, 1.807) is 24.3 Å². The fourth-order valence-corrected chi connectivity index (χ4v) is 1.64. The highest BCUT2D eigenvalue weighted by Crippen LogP contribution is 2.14. The number of anilines is 2. The van der Waals surface area contributed by atoms with E-state index in [2.05, 4.69) is 10.6 Å². The molecule has 0 atom stereocenters. The maximum atomic E-state index is 13.0. The molecule has 0 aromatic heterocycles. The van der Waals surface area contributed by atoms with Gasteiger partial charge in [-0.1, -0.05) is 12.1 Å². The summed E-state index contributed by atoms with van der Waals surface area (Å²) in [5, 5.41) is 4.89. The summed E-state index contributed by atoms with van der Waals surface area (Å²) in [4.78, 5) is 11.7. The number of urea groups is 1. The Morgan fingerprint density at radius 1 is 0.950 bits per heavy atom. The quantitative estimate of drug-likeness (QED) is 0.807. The van der Waals surface area contributed by atoms with Crippen molar-refractivity contribution in [3.63, 3.8) is 0 Å². The Morgan fingerprint density at radius 2 is 1.50 bits per heavy atom. The lowest BCUT2D eigenvalue weighted by Crippen LogP contribution is -2.19. The number of nitrogens with two attached hydrogens (primary N) is 1. The number of rotatable bonds is 3. The van der Waals surface area contributed by atoms with Crippen LogP contribution in [0.2, 0.25) is 0 Å². The maximum absolute atomic E-state index is 13.0. The number of benzene rings is 2. The van der Waals surface area contributed by atoms with Gasteiger partial charge in [0.1, 0.15) is 11.6 Å². The van der Waals surface area contributed by atoms with Gasteiger partial charge in [-0.25, -0.2) is 13.6 Å². The molecule has 0 heterocycles. The van der Waals surface area contributed by atoms with Crippen molar-refractivity contribution in [2.45, 2.75) is 6.54 Å². The van der Waals surface area contributed by atoms with Gasteiger partial charge >= 0.3 is 6.03 Å². The Bertz CT molecular complexity index is 594. The first kappa shape index (κ1) is 14.0. The fraction of sp³-hybridized carbons (Fsp3) is 0.0714. The van der Waals surface area contributed by atoms with Crippen molar-refractivity contribution in [3.05, 3.63) is 59.7 Å². The minimum absolute atomic E-state index is 0.0404. The number of nitrogens with one attached hydrogen (secondary N) is 2. The highest BCUT2D eigenvalue weighted by Gasteiger charge is 2.05. The molecule has 0 aliphatic heterocycles. The molecule has 6 heteroatoms. The normalized spacial score (nSPS) is 10.2. The molecule has 2 rings (SSSR count). The van der Waals surface area contributed by atoms with Crippen LogP contribution >= 0.6 is 0 Å². The molecule has 0 unspecified atom stereocenters. The lowest BCUT2D eigenvalue weighted by Gasteiger charge is -2.08. The van der Waals surface area contributed by atoms with Crippen LogP contribution in [0.15, 0.2) is 42.5 Å². The summed E-state index contributed by atoms with van der Waals surface area (Å²) < 4.78 is 25.9. The summed E-state index contributed by atoms with van der Waals surface area (Å²) in [6, 6.07) is 9.13. The molecule has 0 saturated heterocycles. The second kappa shape index (κ2) is 6.12. The molecule has 0 aliphatic rings. The first-order chi connectivity index (χ1) is 9.56. The molecule has 2 amide bonds. The van der Waals surface area contributed by atoms with E-state index in [1.165, 1.54) is 0 Å². The summed E-state index contributed by atoms with van der Waals surface area (Å²) in [5.74, 6) is -1.51. The standard InChI is InChI=1S/C14H13F2N3O/c15-10-5-11(16)7-13(6-10)19-14(20)18-12-3-1-9(8-17)2-4-12/h1-7H,8,17H2,(H2,18,19,20). The van der Waals surface area contributed by atoms with E-state index in [0.717, 1.165) is 23.8 Å². The van der Waals surface area contributed by atoms with Crippen molar-refractivity contribution in [2.75, 3.05) is 10.6 Å². The van der Waals surface area contributed by atoms with Gasteiger partial charge in [-0.2, -0.15) is 0 Å². The van der Waals surface area contributed by atoms with Crippen molar-refractivity contribution < 1.29 is 13.6 Å². The van der Waals surface area contributed by atoms with Crippen LogP contribution in [-0.2, 0) is 6.54 Å². The third-order valence-corrected chi connectivity index (χ3v) is 2.57. The van der Waals surface area contributed by atoms with E-state index < -0.39 is 17.7 Å². The minimum Gasteiger partial charge on any atom is -0.326 e. The smallest absolute Gasteiger partial charge is 0.323 e. The molecule has 0 saturated carbocycles. The van der Waals surface area contributed by atoms with Crippen LogP contribution in [0, 0.1) is 11.6 Å². The number of carbonyl (C=O) groups is 1. The van der Waals surface area contributed by atoms with Gasteiger partial charge in [-0.15, -0.1) is 0 Å². The van der Waals surface area contributed by atoms with Crippen molar-refractivity contribution in [1.82, 2.24) is 0 Å². The Morgan fingerprint density at radius 3 is 2.05 bits per heavy atom. The number of carbonyl (C=O) groups excluding carboxylic acids is 1. The van der Waals surface area contributed by atoms with Crippen LogP contribution in [0.3, 0.4) is 0 Å². The number of hydrogen-bond donors (Lipinski definition) is 3. The van der Waals surface area contributed by atoms with Gasteiger partial charge in [-0.05, 0) is 29.8 Å². The number of hydrogen-bond acceptors (Lipinski definition) is 2. The molecule has 104 valence electrons. The highest BCUT2D eigenvalue weighted by molar-refractivity contribution is 5.99. The van der Waals surface area contributed by atoms with Crippen LogP contribution in [0.25, 0.3) is 0 Å². The van der Waals surface area contributed by atoms with Gasteiger partial charge in [0, 0.05) is 24.0 Å². The maximum Gasteiger partial charge on any atom is 0.323 e. The monoisotopic (exact) mass is 277 g/mol. The predicted octanol–water partition coefficient (Wildman–Crippen LogP) is 3.07. The number of halogens is 2. The molecule has 0 fully saturated rings. The Kier molecular flexibility index (Phi) is 4.27. The second-order valence-electron chi connectivity index (χ2n) is 4.14. The number of amides is 2. The van der Waals surface area contributed by atoms with Crippen LogP contribution in [0.4, 0.5) is 25.0 Å². The molecule has 20 heavy (non-hydrogen) atoms. The Hall–Kier alpha value is -2.47. The first-order valence-corrected chi connectivity index (χ1v) is 5.90. The topological polar surface area (TPSA) is 67.1 Å². The van der Waals surface area contributed by atoms with Gasteiger partial charge in [0.15, 0.2) is 0 Å². The van der Waals surface area contributed by atoms with E-state index in [4.69, 9.17) is 5.73 Å². The third kappa shape index (κ3) is 3.76. The average Bonchev–Trinajstić information content (AvgIpc) is 2.38. The molecule has 2 aromatic carbocycles. The summed E-state index contributed by atoms with van der Waals surface area (Å²) in [5.41, 5.74) is 6.99. The molecular weight excluding hydrogens is 264 g/mol. The van der Waals surface area contributed by atoms with Crippen LogP contribution in [-0.4, -0.2) is 6.03 Å². The van der Waals surface area contributed by atoms with Gasteiger partial charge in [0.05, 0.1) is 0 Å². The van der Waals surface area contributed by atoms with Crippen LogP contribution in [0.5, 0.6) is 0 Å². The van der Waals surface area contributed by atoms with Gasteiger partial charge < -0.3 is 16.4 Å². The zero-order chi connectivity index (χ0) is 14.5. The van der Waals surface area contributed by atoms with Crippen LogP contribution < -0.4 is 16.4 Å². The summed E-state index contributed by atoms with van der Waals surface area (Å²) in [7, 11) is 0. The highest BCUT2D eigenvalue weighted by atomic mass is 19.1. The van der Waals surface area contributed by atoms with Crippen molar-refractivity contribution in [2.24, 2.45) is 5.73 Å². The molecule has 0 spiro atoms. The first-order valence-electron chi connectivity index (χ1n) is 5.90. The molecule has 4 N–H and O–H groups in total. The van der Waals surface area contributed by atoms with Gasteiger partial charge in [0.25, 0.3) is 0 Å². The zero-order valence-electron chi connectivity index (χ0n) is 10.5. The lowest BCUT2D eigenvalue weighted by atomic mass is 10.2. The minimum atomic E-state index is -0.757. The molecule has 4 nitrogen and oxygen atoms in total. The molecular formula is C14H13F2N3O. The molecule has 0 bridgehead atoms. The lowest BCUT2D eigenvalue weighted by molar-refractivity contribution is 0.262. The third-order valence-electron chi connectivity index (χ3n) is 2.57.